The van der Waals surface area contributed by atoms with Gasteiger partial charge in [0.25, 0.3) is 0 Å². The highest BCUT2D eigenvalue weighted by Gasteiger charge is 2.17. The van der Waals surface area contributed by atoms with Gasteiger partial charge in [-0.1, -0.05) is 0 Å². The molecule has 15 heavy (non-hydrogen) atoms. The number of halogens is 1. The summed E-state index contributed by atoms with van der Waals surface area (Å²) in [4.78, 5) is 10.6. The minimum absolute atomic E-state index is 0.490. The number of morpholine rings is 1. The Bertz CT molecular complexity index is 365. The Hall–Kier alpha value is -0.880. The molecule has 0 radical (unpaired) electrons. The Labute approximate surface area is 96.8 Å². The molecule has 0 aliphatic carbocycles. The van der Waals surface area contributed by atoms with Crippen LogP contribution in [0.5, 0.6) is 0 Å². The Kier molecular flexibility index (Phi) is 3.06. The van der Waals surface area contributed by atoms with E-state index in [0.29, 0.717) is 11.6 Å². The average Bonchev–Trinajstić information content (AvgIpc) is 2.24. The molecule has 5 nitrogen and oxygen atoms in total. The maximum absolute atomic E-state index is 5.77. The molecule has 1 aliphatic heterocycles. The molecule has 0 aromatic carbocycles. The number of nitrogens with two attached hydrogens (primary N) is 1. The Morgan fingerprint density at radius 2 is 2.00 bits per heavy atom. The van der Waals surface area contributed by atoms with Gasteiger partial charge in [-0.25, -0.2) is 9.97 Å². The Morgan fingerprint density at radius 3 is 2.67 bits per heavy atom. The zero-order valence-corrected chi connectivity index (χ0v) is 10.1. The van der Waals surface area contributed by atoms with E-state index in [9.17, 15) is 0 Å². The highest BCUT2D eigenvalue weighted by atomic mass is 79.9. The van der Waals surface area contributed by atoms with Crippen molar-refractivity contribution in [3.8, 4) is 0 Å². The van der Waals surface area contributed by atoms with Crippen LogP contribution in [0.4, 0.5) is 11.6 Å². The van der Waals surface area contributed by atoms with E-state index in [1.54, 1.807) is 0 Å². The molecule has 1 fully saturated rings. The van der Waals surface area contributed by atoms with Gasteiger partial charge in [-0.2, -0.15) is 0 Å². The molecule has 82 valence electrons. The van der Waals surface area contributed by atoms with Crippen molar-refractivity contribution >= 4 is 27.6 Å². The second kappa shape index (κ2) is 4.32. The van der Waals surface area contributed by atoms with Crippen LogP contribution in [0.15, 0.2) is 4.47 Å². The van der Waals surface area contributed by atoms with Gasteiger partial charge in [-0.15, -0.1) is 0 Å². The van der Waals surface area contributed by atoms with Crippen molar-refractivity contribution in [3.05, 3.63) is 10.3 Å². The van der Waals surface area contributed by atoms with E-state index in [0.717, 1.165) is 36.6 Å². The van der Waals surface area contributed by atoms with E-state index in [2.05, 4.69) is 30.8 Å². The van der Waals surface area contributed by atoms with Crippen molar-refractivity contribution in [3.63, 3.8) is 0 Å². The minimum Gasteiger partial charge on any atom is -0.383 e. The van der Waals surface area contributed by atoms with Crippen LogP contribution in [0.1, 0.15) is 5.82 Å². The van der Waals surface area contributed by atoms with Gasteiger partial charge in [0.2, 0.25) is 0 Å². The maximum atomic E-state index is 5.77. The lowest BCUT2D eigenvalue weighted by molar-refractivity contribution is 0.122. The first kappa shape index (κ1) is 10.6. The average molecular weight is 273 g/mol. The zero-order valence-electron chi connectivity index (χ0n) is 8.53. The second-order valence-electron chi connectivity index (χ2n) is 3.39. The Balaban J connectivity index is 2.33. The van der Waals surface area contributed by atoms with Gasteiger partial charge in [0, 0.05) is 13.1 Å². The van der Waals surface area contributed by atoms with Crippen LogP contribution in [0.3, 0.4) is 0 Å². The third kappa shape index (κ3) is 2.21. The molecule has 1 saturated heterocycles. The highest BCUT2D eigenvalue weighted by molar-refractivity contribution is 9.10. The molecule has 1 aromatic rings. The number of rotatable bonds is 1. The van der Waals surface area contributed by atoms with Gasteiger partial charge in [-0.05, 0) is 22.9 Å². The van der Waals surface area contributed by atoms with E-state index in [1.807, 2.05) is 6.92 Å². The molecule has 0 bridgehead atoms. The smallest absolute Gasteiger partial charge is 0.149 e. The summed E-state index contributed by atoms with van der Waals surface area (Å²) in [6.45, 7) is 4.99. The van der Waals surface area contributed by atoms with E-state index < -0.39 is 0 Å². The van der Waals surface area contributed by atoms with Gasteiger partial charge in [-0.3, -0.25) is 0 Å². The minimum atomic E-state index is 0.490. The number of ether oxygens (including phenoxy) is 1. The van der Waals surface area contributed by atoms with Crippen molar-refractivity contribution < 1.29 is 4.74 Å². The van der Waals surface area contributed by atoms with Gasteiger partial charge in [0.05, 0.1) is 13.2 Å². The first-order valence-electron chi connectivity index (χ1n) is 4.81. The SMILES string of the molecule is Cc1nc(N)c(Br)c(N2CCOCC2)n1. The summed E-state index contributed by atoms with van der Waals surface area (Å²) in [5.41, 5.74) is 5.77. The molecule has 1 aliphatic rings. The molecule has 2 N–H and O–H groups in total. The van der Waals surface area contributed by atoms with Crippen molar-refractivity contribution in [2.45, 2.75) is 6.92 Å². The number of anilines is 2. The number of nitrogen functional groups attached to an aromatic ring is 1. The van der Waals surface area contributed by atoms with E-state index >= 15 is 0 Å². The monoisotopic (exact) mass is 272 g/mol. The number of hydrogen-bond donors (Lipinski definition) is 1. The number of aromatic nitrogens is 2. The molecule has 0 saturated carbocycles. The van der Waals surface area contributed by atoms with E-state index in [1.165, 1.54) is 0 Å². The molecule has 6 heteroatoms. The highest BCUT2D eigenvalue weighted by Crippen LogP contribution is 2.28. The van der Waals surface area contributed by atoms with Crippen molar-refractivity contribution in [2.24, 2.45) is 0 Å². The molecule has 0 spiro atoms. The van der Waals surface area contributed by atoms with Crippen LogP contribution in [-0.4, -0.2) is 36.3 Å². The van der Waals surface area contributed by atoms with Gasteiger partial charge < -0.3 is 15.4 Å². The predicted octanol–water partition coefficient (Wildman–Crippen LogP) is 0.966. The standard InChI is InChI=1S/C9H13BrN4O/c1-6-12-8(11)7(10)9(13-6)14-2-4-15-5-3-14/h2-5H2,1H3,(H2,11,12,13). The summed E-state index contributed by atoms with van der Waals surface area (Å²) in [6.07, 6.45) is 0. The van der Waals surface area contributed by atoms with E-state index in [-0.39, 0.29) is 0 Å². The molecule has 0 unspecified atom stereocenters. The van der Waals surface area contributed by atoms with Crippen LogP contribution < -0.4 is 10.6 Å². The van der Waals surface area contributed by atoms with Crippen LogP contribution in [0.25, 0.3) is 0 Å². The molecular formula is C9H13BrN4O. The molecule has 1 aromatic heterocycles. The number of nitrogens with zero attached hydrogens (tertiary/aromatic N) is 3. The lowest BCUT2D eigenvalue weighted by atomic mass is 10.4. The summed E-state index contributed by atoms with van der Waals surface area (Å²) >= 11 is 3.42. The zero-order chi connectivity index (χ0) is 10.8. The fraction of sp³-hybridized carbons (Fsp3) is 0.556. The van der Waals surface area contributed by atoms with Gasteiger partial charge >= 0.3 is 0 Å². The van der Waals surface area contributed by atoms with Crippen LogP contribution >= 0.6 is 15.9 Å². The number of aryl methyl sites for hydroxylation is 1. The summed E-state index contributed by atoms with van der Waals surface area (Å²) in [7, 11) is 0. The number of hydrogen-bond acceptors (Lipinski definition) is 5. The van der Waals surface area contributed by atoms with Gasteiger partial charge in [0.15, 0.2) is 0 Å². The summed E-state index contributed by atoms with van der Waals surface area (Å²) in [5.74, 6) is 2.05. The van der Waals surface area contributed by atoms with Crippen molar-refractivity contribution in [1.82, 2.24) is 9.97 Å². The fourth-order valence-electron chi connectivity index (χ4n) is 1.55. The molecule has 0 amide bonds. The summed E-state index contributed by atoms with van der Waals surface area (Å²) in [6, 6.07) is 0. The summed E-state index contributed by atoms with van der Waals surface area (Å²) in [5, 5.41) is 0. The third-order valence-electron chi connectivity index (χ3n) is 2.28. The fourth-order valence-corrected chi connectivity index (χ4v) is 1.98. The third-order valence-corrected chi connectivity index (χ3v) is 3.04. The summed E-state index contributed by atoms with van der Waals surface area (Å²) < 4.78 is 6.06. The van der Waals surface area contributed by atoms with Gasteiger partial charge in [0.1, 0.15) is 21.9 Å². The normalized spacial score (nSPS) is 16.8. The van der Waals surface area contributed by atoms with Crippen molar-refractivity contribution in [1.29, 1.82) is 0 Å². The quantitative estimate of drug-likeness (QED) is 0.825. The molecular weight excluding hydrogens is 260 g/mol. The first-order chi connectivity index (χ1) is 7.18. The molecule has 2 rings (SSSR count). The first-order valence-corrected chi connectivity index (χ1v) is 5.60. The molecule has 2 heterocycles. The lowest BCUT2D eigenvalue weighted by Gasteiger charge is -2.28. The van der Waals surface area contributed by atoms with E-state index in [4.69, 9.17) is 10.5 Å². The van der Waals surface area contributed by atoms with Crippen LogP contribution in [0.2, 0.25) is 0 Å². The predicted molar refractivity (Wildman–Crippen MR) is 61.9 cm³/mol. The van der Waals surface area contributed by atoms with Crippen LogP contribution in [-0.2, 0) is 4.74 Å². The second-order valence-corrected chi connectivity index (χ2v) is 4.19. The topological polar surface area (TPSA) is 64.3 Å². The maximum Gasteiger partial charge on any atom is 0.149 e. The lowest BCUT2D eigenvalue weighted by Crippen LogP contribution is -2.37. The molecule has 0 atom stereocenters. The Morgan fingerprint density at radius 1 is 1.33 bits per heavy atom. The van der Waals surface area contributed by atoms with Crippen molar-refractivity contribution in [2.75, 3.05) is 36.9 Å². The van der Waals surface area contributed by atoms with Crippen LogP contribution in [0, 0.1) is 6.92 Å². The largest absolute Gasteiger partial charge is 0.383 e.